The molecule has 0 amide bonds. The predicted molar refractivity (Wildman–Crippen MR) is 83.7 cm³/mol. The van der Waals surface area contributed by atoms with E-state index in [1.54, 1.807) is 31.2 Å². The summed E-state index contributed by atoms with van der Waals surface area (Å²) in [5.74, 6) is -1.42. The van der Waals surface area contributed by atoms with Crippen LogP contribution in [0.25, 0.3) is 6.08 Å². The molecule has 0 unspecified atom stereocenters. The SMILES string of the molecule is CCCCCOc1ccc(C=C(C(=O)O)C(=O)OCC)cc1. The minimum absolute atomic E-state index is 0.133. The molecular weight excluding hydrogens is 284 g/mol. The number of carbonyl (C=O) groups is 2. The zero-order valence-corrected chi connectivity index (χ0v) is 13.0. The summed E-state index contributed by atoms with van der Waals surface area (Å²) in [7, 11) is 0. The number of aliphatic carboxylic acids is 1. The highest BCUT2D eigenvalue weighted by molar-refractivity contribution is 6.17. The maximum absolute atomic E-state index is 11.6. The summed E-state index contributed by atoms with van der Waals surface area (Å²) in [6.07, 6.45) is 4.56. The first-order valence-electron chi connectivity index (χ1n) is 7.43. The molecule has 0 aliphatic rings. The van der Waals surface area contributed by atoms with Crippen LogP contribution in [-0.4, -0.2) is 30.3 Å². The molecule has 5 heteroatoms. The van der Waals surface area contributed by atoms with E-state index in [0.29, 0.717) is 12.2 Å². The second-order valence-electron chi connectivity index (χ2n) is 4.71. The van der Waals surface area contributed by atoms with E-state index in [9.17, 15) is 9.59 Å². The van der Waals surface area contributed by atoms with Crippen molar-refractivity contribution in [3.63, 3.8) is 0 Å². The van der Waals surface area contributed by atoms with Gasteiger partial charge in [0.25, 0.3) is 0 Å². The van der Waals surface area contributed by atoms with Crippen molar-refractivity contribution >= 4 is 18.0 Å². The van der Waals surface area contributed by atoms with E-state index < -0.39 is 17.5 Å². The molecule has 0 radical (unpaired) electrons. The minimum atomic E-state index is -1.31. The summed E-state index contributed by atoms with van der Waals surface area (Å²) in [6.45, 7) is 4.55. The summed E-state index contributed by atoms with van der Waals surface area (Å²) in [4.78, 5) is 22.7. The molecule has 0 aliphatic carbocycles. The smallest absolute Gasteiger partial charge is 0.345 e. The lowest BCUT2D eigenvalue weighted by molar-refractivity contribution is -0.143. The van der Waals surface area contributed by atoms with Crippen molar-refractivity contribution in [2.24, 2.45) is 0 Å². The monoisotopic (exact) mass is 306 g/mol. The van der Waals surface area contributed by atoms with Gasteiger partial charge in [-0.05, 0) is 37.1 Å². The van der Waals surface area contributed by atoms with Crippen LogP contribution in [0.3, 0.4) is 0 Å². The first-order chi connectivity index (χ1) is 10.6. The summed E-state index contributed by atoms with van der Waals surface area (Å²) in [5.41, 5.74) is 0.213. The van der Waals surface area contributed by atoms with E-state index in [1.807, 2.05) is 0 Å². The Kier molecular flexibility index (Phi) is 7.75. The van der Waals surface area contributed by atoms with Crippen molar-refractivity contribution < 1.29 is 24.2 Å². The van der Waals surface area contributed by atoms with Crippen molar-refractivity contribution in [1.29, 1.82) is 0 Å². The van der Waals surface area contributed by atoms with E-state index in [2.05, 4.69) is 6.92 Å². The molecule has 1 aromatic carbocycles. The number of esters is 1. The molecule has 0 heterocycles. The molecule has 0 saturated carbocycles. The maximum atomic E-state index is 11.6. The first kappa shape index (κ1) is 17.8. The summed E-state index contributed by atoms with van der Waals surface area (Å²) in [6, 6.07) is 6.92. The quantitative estimate of drug-likeness (QED) is 0.249. The molecule has 0 aromatic heterocycles. The maximum Gasteiger partial charge on any atom is 0.345 e. The Morgan fingerprint density at radius 1 is 1.14 bits per heavy atom. The van der Waals surface area contributed by atoms with Gasteiger partial charge >= 0.3 is 11.9 Å². The van der Waals surface area contributed by atoms with Crippen molar-refractivity contribution in [3.8, 4) is 5.75 Å². The molecular formula is C17H22O5. The topological polar surface area (TPSA) is 72.8 Å². The van der Waals surface area contributed by atoms with Gasteiger partial charge in [-0.15, -0.1) is 0 Å². The molecule has 0 bridgehead atoms. The zero-order valence-electron chi connectivity index (χ0n) is 13.0. The van der Waals surface area contributed by atoms with E-state index in [0.717, 1.165) is 25.0 Å². The average Bonchev–Trinajstić information content (AvgIpc) is 2.50. The molecule has 0 atom stereocenters. The Bertz CT molecular complexity index is 516. The lowest BCUT2D eigenvalue weighted by Gasteiger charge is -2.06. The number of rotatable bonds is 9. The van der Waals surface area contributed by atoms with Crippen LogP contribution in [0, 0.1) is 0 Å². The van der Waals surface area contributed by atoms with Gasteiger partial charge in [0.05, 0.1) is 13.2 Å². The van der Waals surface area contributed by atoms with Crippen LogP contribution in [0.4, 0.5) is 0 Å². The van der Waals surface area contributed by atoms with Crippen LogP contribution < -0.4 is 4.74 Å². The molecule has 0 fully saturated rings. The van der Waals surface area contributed by atoms with Gasteiger partial charge in [-0.25, -0.2) is 9.59 Å². The lowest BCUT2D eigenvalue weighted by Crippen LogP contribution is -2.15. The number of carboxylic acid groups (broad SMARTS) is 1. The number of hydrogen-bond donors (Lipinski definition) is 1. The fraction of sp³-hybridized carbons (Fsp3) is 0.412. The van der Waals surface area contributed by atoms with E-state index in [-0.39, 0.29) is 6.61 Å². The number of benzene rings is 1. The van der Waals surface area contributed by atoms with Gasteiger partial charge in [-0.3, -0.25) is 0 Å². The van der Waals surface area contributed by atoms with Crippen LogP contribution in [0.1, 0.15) is 38.7 Å². The van der Waals surface area contributed by atoms with Gasteiger partial charge in [-0.1, -0.05) is 31.9 Å². The van der Waals surface area contributed by atoms with Crippen LogP contribution in [0.2, 0.25) is 0 Å². The second-order valence-corrected chi connectivity index (χ2v) is 4.71. The third kappa shape index (κ3) is 5.99. The van der Waals surface area contributed by atoms with Crippen molar-refractivity contribution in [2.45, 2.75) is 33.1 Å². The van der Waals surface area contributed by atoms with Crippen LogP contribution in [0.15, 0.2) is 29.8 Å². The third-order valence-electron chi connectivity index (χ3n) is 2.93. The van der Waals surface area contributed by atoms with Crippen molar-refractivity contribution in [2.75, 3.05) is 13.2 Å². The molecule has 1 rings (SSSR count). The Morgan fingerprint density at radius 2 is 1.82 bits per heavy atom. The number of ether oxygens (including phenoxy) is 2. The fourth-order valence-corrected chi connectivity index (χ4v) is 1.79. The zero-order chi connectivity index (χ0) is 16.4. The third-order valence-corrected chi connectivity index (χ3v) is 2.93. The van der Waals surface area contributed by atoms with Crippen LogP contribution >= 0.6 is 0 Å². The number of unbranched alkanes of at least 4 members (excludes halogenated alkanes) is 2. The number of carbonyl (C=O) groups excluding carboxylic acids is 1. The molecule has 0 spiro atoms. The van der Waals surface area contributed by atoms with Gasteiger partial charge in [0.2, 0.25) is 0 Å². The lowest BCUT2D eigenvalue weighted by atomic mass is 10.1. The normalized spacial score (nSPS) is 11.1. The molecule has 0 saturated heterocycles. The van der Waals surface area contributed by atoms with Crippen molar-refractivity contribution in [1.82, 2.24) is 0 Å². The Labute approximate surface area is 130 Å². The summed E-state index contributed by atoms with van der Waals surface area (Å²) in [5, 5.41) is 9.06. The molecule has 5 nitrogen and oxygen atoms in total. The molecule has 0 aliphatic heterocycles. The average molecular weight is 306 g/mol. The highest BCUT2D eigenvalue weighted by atomic mass is 16.5. The van der Waals surface area contributed by atoms with E-state index in [1.165, 1.54) is 6.08 Å². The Balaban J connectivity index is 2.73. The van der Waals surface area contributed by atoms with E-state index in [4.69, 9.17) is 14.6 Å². The molecule has 22 heavy (non-hydrogen) atoms. The van der Waals surface area contributed by atoms with Gasteiger partial charge in [0.1, 0.15) is 11.3 Å². The number of carboxylic acids is 1. The minimum Gasteiger partial charge on any atom is -0.494 e. The molecule has 1 aromatic rings. The summed E-state index contributed by atoms with van der Waals surface area (Å²) < 4.78 is 10.3. The Hall–Kier alpha value is -2.30. The van der Waals surface area contributed by atoms with Crippen molar-refractivity contribution in [3.05, 3.63) is 35.4 Å². The molecule has 120 valence electrons. The number of hydrogen-bond acceptors (Lipinski definition) is 4. The largest absolute Gasteiger partial charge is 0.494 e. The fourth-order valence-electron chi connectivity index (χ4n) is 1.79. The predicted octanol–water partition coefficient (Wildman–Crippen LogP) is 3.29. The van der Waals surface area contributed by atoms with Gasteiger partial charge in [0, 0.05) is 0 Å². The summed E-state index contributed by atoms with van der Waals surface area (Å²) >= 11 is 0. The standard InChI is InChI=1S/C17H22O5/c1-3-5-6-11-22-14-9-7-13(8-10-14)12-15(16(18)19)17(20)21-4-2/h7-10,12H,3-6,11H2,1-2H3,(H,18,19). The molecule has 1 N–H and O–H groups in total. The highest BCUT2D eigenvalue weighted by Crippen LogP contribution is 2.16. The van der Waals surface area contributed by atoms with Gasteiger partial charge in [0.15, 0.2) is 0 Å². The Morgan fingerprint density at radius 3 is 2.36 bits per heavy atom. The second kappa shape index (κ2) is 9.60. The van der Waals surface area contributed by atoms with E-state index >= 15 is 0 Å². The first-order valence-corrected chi connectivity index (χ1v) is 7.43. The van der Waals surface area contributed by atoms with Crippen LogP contribution in [-0.2, 0) is 14.3 Å². The van der Waals surface area contributed by atoms with Gasteiger partial charge < -0.3 is 14.6 Å². The van der Waals surface area contributed by atoms with Crippen LogP contribution in [0.5, 0.6) is 5.75 Å². The van der Waals surface area contributed by atoms with Gasteiger partial charge in [-0.2, -0.15) is 0 Å². The highest BCUT2D eigenvalue weighted by Gasteiger charge is 2.18.